The maximum Gasteiger partial charge on any atom is 2.00 e. The Hall–Kier alpha value is -2.76. The average Bonchev–Trinajstić information content (AvgIpc) is 2.67. The molecule has 10 nitrogen and oxygen atoms in total. The van der Waals surface area contributed by atoms with Crippen LogP contribution >= 0.6 is 0 Å². The van der Waals surface area contributed by atoms with Gasteiger partial charge in [0.2, 0.25) is 10.0 Å². The van der Waals surface area contributed by atoms with Gasteiger partial charge in [0.05, 0.1) is 16.8 Å². The second-order valence-electron chi connectivity index (χ2n) is 6.78. The van der Waals surface area contributed by atoms with Crippen LogP contribution in [0.1, 0.15) is 21.5 Å². The molecule has 1 amide bonds. The zero-order chi connectivity index (χ0) is 23.0. The molecular formula is C20H21CuN3O7S. The molecule has 12 heteroatoms. The monoisotopic (exact) mass is 510 g/mol. The number of sulfonamides is 1. The van der Waals surface area contributed by atoms with Crippen LogP contribution in [0, 0.1) is 0 Å². The van der Waals surface area contributed by atoms with Gasteiger partial charge in [0.25, 0.3) is 5.91 Å². The van der Waals surface area contributed by atoms with E-state index in [1.54, 1.807) is 36.4 Å². The van der Waals surface area contributed by atoms with Crippen molar-refractivity contribution in [2.45, 2.75) is 17.9 Å². The van der Waals surface area contributed by atoms with Gasteiger partial charge in [-0.1, -0.05) is 24.3 Å². The minimum Gasteiger partial charge on any atom is -0.549 e. The first kappa shape index (κ1) is 27.3. The largest absolute Gasteiger partial charge is 2.00 e. The molecule has 0 heterocycles. The summed E-state index contributed by atoms with van der Waals surface area (Å²) in [6, 6.07) is 12.3. The van der Waals surface area contributed by atoms with Crippen molar-refractivity contribution in [3.8, 4) is 0 Å². The number of nitrogens with two attached hydrogens (primary N) is 1. The number of nitrogens with zero attached hydrogens (tertiary/aromatic N) is 1. The topological polar surface area (TPSA) is 173 Å². The van der Waals surface area contributed by atoms with Crippen LogP contribution < -0.4 is 20.7 Å². The fraction of sp³-hybridized carbons (Fsp3) is 0.250. The van der Waals surface area contributed by atoms with Crippen molar-refractivity contribution in [3.05, 3.63) is 65.2 Å². The van der Waals surface area contributed by atoms with Gasteiger partial charge in [-0.15, -0.1) is 0 Å². The molecule has 0 spiro atoms. The summed E-state index contributed by atoms with van der Waals surface area (Å²) in [5, 5.41) is 29.3. The van der Waals surface area contributed by atoms with Gasteiger partial charge in [-0.05, 0) is 41.8 Å². The minimum absolute atomic E-state index is 0. The van der Waals surface area contributed by atoms with Crippen molar-refractivity contribution < 1.29 is 50.1 Å². The summed E-state index contributed by atoms with van der Waals surface area (Å²) < 4.78 is 22.5. The van der Waals surface area contributed by atoms with Crippen LogP contribution in [0.2, 0.25) is 0 Å². The van der Waals surface area contributed by atoms with E-state index in [1.807, 2.05) is 0 Å². The van der Waals surface area contributed by atoms with Gasteiger partial charge in [-0.3, -0.25) is 9.69 Å². The number of carboxylic acid groups (broad SMARTS) is 2. The second-order valence-corrected chi connectivity index (χ2v) is 8.34. The molecule has 0 atom stereocenters. The van der Waals surface area contributed by atoms with Crippen LogP contribution in [0.4, 0.5) is 0 Å². The molecule has 3 N–H and O–H groups in total. The molecule has 2 aromatic rings. The Kier molecular flexibility index (Phi) is 10.5. The zero-order valence-corrected chi connectivity index (χ0v) is 18.5. The third kappa shape index (κ3) is 9.16. The van der Waals surface area contributed by atoms with Crippen molar-refractivity contribution in [3.63, 3.8) is 0 Å². The maximum absolute atomic E-state index is 12.3. The van der Waals surface area contributed by atoms with Gasteiger partial charge in [0, 0.05) is 31.7 Å². The first-order chi connectivity index (χ1) is 14.5. The van der Waals surface area contributed by atoms with Crippen molar-refractivity contribution in [1.82, 2.24) is 10.2 Å². The molecule has 0 bridgehead atoms. The first-order valence-electron chi connectivity index (χ1n) is 9.15. The summed E-state index contributed by atoms with van der Waals surface area (Å²) in [5.74, 6) is -3.14. The smallest absolute Gasteiger partial charge is 0.549 e. The molecule has 2 aromatic carbocycles. The fourth-order valence-corrected chi connectivity index (χ4v) is 3.34. The number of benzene rings is 2. The Morgan fingerprint density at radius 2 is 1.38 bits per heavy atom. The predicted molar refractivity (Wildman–Crippen MR) is 106 cm³/mol. The van der Waals surface area contributed by atoms with E-state index in [9.17, 15) is 33.0 Å². The number of hydrogen-bond donors (Lipinski definition) is 2. The molecule has 0 aromatic heterocycles. The number of carbonyl (C=O) groups is 3. The quantitative estimate of drug-likeness (QED) is 0.315. The summed E-state index contributed by atoms with van der Waals surface area (Å²) in [5.41, 5.74) is 1.82. The van der Waals surface area contributed by atoms with E-state index in [1.165, 1.54) is 12.1 Å². The van der Waals surface area contributed by atoms with Crippen LogP contribution in [-0.4, -0.2) is 50.8 Å². The standard InChI is InChI=1S/C20H23N3O7S.Cu/c21-31(29,30)17-7-3-14(4-8-17)9-10-22-20(28)16-5-1-15(2-6-16)11-23(12-18(24)25)13-19(26)27;/h1-8H,9-13H2,(H,22,28)(H,24,25)(H,26,27)(H2,21,29,30);/q;+2/p-2. The summed E-state index contributed by atoms with van der Waals surface area (Å²) in [6.07, 6.45) is 0.482. The second kappa shape index (κ2) is 12.3. The van der Waals surface area contributed by atoms with Crippen molar-refractivity contribution in [2.24, 2.45) is 5.14 Å². The van der Waals surface area contributed by atoms with Crippen LogP contribution in [0.5, 0.6) is 0 Å². The third-order valence-electron chi connectivity index (χ3n) is 4.28. The number of hydrogen-bond acceptors (Lipinski definition) is 8. The van der Waals surface area contributed by atoms with E-state index in [4.69, 9.17) is 5.14 Å². The van der Waals surface area contributed by atoms with Gasteiger partial charge >= 0.3 is 17.1 Å². The van der Waals surface area contributed by atoms with E-state index in [0.29, 0.717) is 24.1 Å². The van der Waals surface area contributed by atoms with E-state index < -0.39 is 35.1 Å². The van der Waals surface area contributed by atoms with E-state index in [2.05, 4.69) is 5.32 Å². The number of amides is 1. The molecular weight excluding hydrogens is 490 g/mol. The molecule has 1 radical (unpaired) electrons. The number of rotatable bonds is 11. The Labute approximate surface area is 195 Å². The third-order valence-corrected chi connectivity index (χ3v) is 5.21. The summed E-state index contributed by atoms with van der Waals surface area (Å²) in [6.45, 7) is -0.762. The number of carboxylic acids is 2. The van der Waals surface area contributed by atoms with Gasteiger partial charge in [0.1, 0.15) is 0 Å². The molecule has 0 aliphatic heterocycles. The first-order valence-corrected chi connectivity index (χ1v) is 10.7. The zero-order valence-electron chi connectivity index (χ0n) is 16.7. The molecule has 32 heavy (non-hydrogen) atoms. The normalized spacial score (nSPS) is 10.9. The summed E-state index contributed by atoms with van der Waals surface area (Å²) >= 11 is 0. The van der Waals surface area contributed by atoms with Crippen LogP contribution in [0.15, 0.2) is 53.4 Å². The molecule has 0 aliphatic carbocycles. The molecule has 0 fully saturated rings. The summed E-state index contributed by atoms with van der Waals surface area (Å²) in [4.78, 5) is 34.9. The van der Waals surface area contributed by atoms with Gasteiger partial charge in [-0.2, -0.15) is 0 Å². The predicted octanol–water partition coefficient (Wildman–Crippen LogP) is -2.39. The SMILES string of the molecule is NS(=O)(=O)c1ccc(CCNC(=O)c2ccc(CN(CC(=O)[O-])CC(=O)[O-])cc2)cc1.[Cu+2]. The number of nitrogens with one attached hydrogen (secondary N) is 1. The molecule has 175 valence electrons. The van der Waals surface area contributed by atoms with E-state index in [0.717, 1.165) is 10.5 Å². The number of aliphatic carboxylic acids is 2. The van der Waals surface area contributed by atoms with Gasteiger partial charge in [-0.25, -0.2) is 13.6 Å². The Balaban J connectivity index is 0.00000512. The molecule has 0 saturated heterocycles. The molecule has 0 aliphatic rings. The van der Waals surface area contributed by atoms with Crippen molar-refractivity contribution in [2.75, 3.05) is 19.6 Å². The Morgan fingerprint density at radius 3 is 1.84 bits per heavy atom. The Morgan fingerprint density at radius 1 is 0.875 bits per heavy atom. The molecule has 0 unspecified atom stereocenters. The summed E-state index contributed by atoms with van der Waals surface area (Å²) in [7, 11) is -3.75. The number of primary sulfonamides is 1. The number of carbonyl (C=O) groups excluding carboxylic acids is 3. The fourth-order valence-electron chi connectivity index (χ4n) is 2.82. The van der Waals surface area contributed by atoms with Crippen molar-refractivity contribution in [1.29, 1.82) is 0 Å². The minimum atomic E-state index is -3.75. The van der Waals surface area contributed by atoms with E-state index in [-0.39, 0.29) is 34.4 Å². The van der Waals surface area contributed by atoms with E-state index >= 15 is 0 Å². The van der Waals surface area contributed by atoms with Crippen LogP contribution in [0.3, 0.4) is 0 Å². The van der Waals surface area contributed by atoms with Gasteiger partial charge < -0.3 is 25.1 Å². The Bertz CT molecular complexity index is 1030. The molecule has 2 rings (SSSR count). The van der Waals surface area contributed by atoms with Gasteiger partial charge in [0.15, 0.2) is 0 Å². The van der Waals surface area contributed by atoms with Crippen molar-refractivity contribution >= 4 is 27.9 Å². The molecule has 0 saturated carbocycles. The van der Waals surface area contributed by atoms with Crippen LogP contribution in [0.25, 0.3) is 0 Å². The average molecular weight is 511 g/mol. The van der Waals surface area contributed by atoms with Crippen LogP contribution in [-0.2, 0) is 49.6 Å². The maximum atomic E-state index is 12.3.